The maximum Gasteiger partial charge on any atom is 0.0589 e. The van der Waals surface area contributed by atoms with Gasteiger partial charge in [-0.25, -0.2) is 0 Å². The van der Waals surface area contributed by atoms with Gasteiger partial charge < -0.3 is 15.0 Å². The van der Waals surface area contributed by atoms with Gasteiger partial charge in [-0.2, -0.15) is 0 Å². The van der Waals surface area contributed by atoms with Gasteiger partial charge in [0.05, 0.1) is 6.61 Å². The van der Waals surface area contributed by atoms with Crippen LogP contribution in [0.15, 0.2) is 0 Å². The molecule has 0 radical (unpaired) electrons. The molecule has 1 saturated heterocycles. The minimum absolute atomic E-state index is 0.867. The number of methoxy groups -OCH3 is 1. The first-order valence-corrected chi connectivity index (χ1v) is 4.22. The molecule has 0 aliphatic carbocycles. The first-order chi connectivity index (χ1) is 5.36. The van der Waals surface area contributed by atoms with Crippen molar-refractivity contribution in [3.8, 4) is 0 Å². The van der Waals surface area contributed by atoms with Crippen LogP contribution in [-0.4, -0.2) is 51.8 Å². The number of nitrogens with one attached hydrogen (secondary N) is 1. The molecule has 0 aromatic carbocycles. The number of nitrogens with zero attached hydrogens (tertiary/aromatic N) is 1. The highest BCUT2D eigenvalue weighted by molar-refractivity contribution is 4.80. The lowest BCUT2D eigenvalue weighted by molar-refractivity contribution is 0.0655. The highest BCUT2D eigenvalue weighted by atomic mass is 16.5. The fourth-order valence-electron chi connectivity index (χ4n) is 1.50. The normalized spacial score (nSPS) is 20.2. The van der Waals surface area contributed by atoms with Crippen LogP contribution in [0.1, 0.15) is 0 Å². The second kappa shape index (κ2) is 4.70. The van der Waals surface area contributed by atoms with Gasteiger partial charge in [0.2, 0.25) is 0 Å². The molecule has 11 heavy (non-hydrogen) atoms. The van der Waals surface area contributed by atoms with E-state index in [4.69, 9.17) is 4.74 Å². The minimum atomic E-state index is 0.867. The van der Waals surface area contributed by atoms with Gasteiger partial charge in [0, 0.05) is 33.3 Å². The molecular weight excluding hydrogens is 140 g/mol. The van der Waals surface area contributed by atoms with Gasteiger partial charge >= 0.3 is 0 Å². The molecule has 0 aromatic rings. The summed E-state index contributed by atoms with van der Waals surface area (Å²) < 4.78 is 4.99. The van der Waals surface area contributed by atoms with Crippen molar-refractivity contribution in [1.82, 2.24) is 10.2 Å². The Bertz CT molecular complexity index is 102. The van der Waals surface area contributed by atoms with Gasteiger partial charge in [-0.1, -0.05) is 0 Å². The smallest absolute Gasteiger partial charge is 0.0589 e. The van der Waals surface area contributed by atoms with E-state index in [-0.39, 0.29) is 0 Å². The molecule has 1 N–H and O–H groups in total. The quantitative estimate of drug-likeness (QED) is 0.599. The molecule has 0 spiro atoms. The van der Waals surface area contributed by atoms with Crippen molar-refractivity contribution in [3.63, 3.8) is 0 Å². The maximum absolute atomic E-state index is 4.99. The standard InChI is InChI=1S/C8H18N2O/c1-9-5-8-6-10(7-8)3-4-11-2/h8-9H,3-7H2,1-2H3. The van der Waals surface area contributed by atoms with E-state index < -0.39 is 0 Å². The van der Waals surface area contributed by atoms with E-state index in [1.165, 1.54) is 13.1 Å². The van der Waals surface area contributed by atoms with E-state index in [2.05, 4.69) is 10.2 Å². The van der Waals surface area contributed by atoms with Crippen LogP contribution in [0, 0.1) is 5.92 Å². The van der Waals surface area contributed by atoms with E-state index in [1.807, 2.05) is 7.05 Å². The Morgan fingerprint density at radius 3 is 2.82 bits per heavy atom. The largest absolute Gasteiger partial charge is 0.383 e. The molecule has 0 amide bonds. The molecule has 1 heterocycles. The van der Waals surface area contributed by atoms with Crippen molar-refractivity contribution in [2.24, 2.45) is 5.92 Å². The molecule has 66 valence electrons. The summed E-state index contributed by atoms with van der Waals surface area (Å²) in [5.74, 6) is 0.872. The predicted octanol–water partition coefficient (Wildman–Crippen LogP) is -0.216. The monoisotopic (exact) mass is 158 g/mol. The van der Waals surface area contributed by atoms with Crippen LogP contribution in [0.3, 0.4) is 0 Å². The topological polar surface area (TPSA) is 24.5 Å². The average molecular weight is 158 g/mol. The molecule has 1 aliphatic rings. The molecule has 0 aromatic heterocycles. The fraction of sp³-hybridized carbons (Fsp3) is 1.00. The Morgan fingerprint density at radius 1 is 1.55 bits per heavy atom. The predicted molar refractivity (Wildman–Crippen MR) is 45.7 cm³/mol. The zero-order valence-corrected chi connectivity index (χ0v) is 7.47. The van der Waals surface area contributed by atoms with Gasteiger partial charge in [-0.05, 0) is 13.0 Å². The first-order valence-electron chi connectivity index (χ1n) is 4.22. The molecule has 1 rings (SSSR count). The lowest BCUT2D eigenvalue weighted by atomic mass is 10.0. The van der Waals surface area contributed by atoms with Crippen molar-refractivity contribution in [1.29, 1.82) is 0 Å². The summed E-state index contributed by atoms with van der Waals surface area (Å²) in [5.41, 5.74) is 0. The highest BCUT2D eigenvalue weighted by Crippen LogP contribution is 2.12. The van der Waals surface area contributed by atoms with Crippen LogP contribution in [0.5, 0.6) is 0 Å². The van der Waals surface area contributed by atoms with Gasteiger partial charge in [0.15, 0.2) is 0 Å². The molecule has 3 heteroatoms. The van der Waals surface area contributed by atoms with Gasteiger partial charge in [-0.15, -0.1) is 0 Å². The zero-order valence-electron chi connectivity index (χ0n) is 7.47. The molecule has 1 aliphatic heterocycles. The zero-order chi connectivity index (χ0) is 8.10. The van der Waals surface area contributed by atoms with Crippen molar-refractivity contribution in [3.05, 3.63) is 0 Å². The molecule has 1 fully saturated rings. The number of likely N-dealkylation sites (tertiary alicyclic amines) is 1. The van der Waals surface area contributed by atoms with E-state index in [9.17, 15) is 0 Å². The SMILES string of the molecule is CNCC1CN(CCOC)C1. The Morgan fingerprint density at radius 2 is 2.27 bits per heavy atom. The third-order valence-electron chi connectivity index (χ3n) is 2.14. The van der Waals surface area contributed by atoms with Crippen LogP contribution in [-0.2, 0) is 4.74 Å². The van der Waals surface area contributed by atoms with Crippen LogP contribution in [0.4, 0.5) is 0 Å². The van der Waals surface area contributed by atoms with E-state index in [0.717, 1.165) is 25.6 Å². The van der Waals surface area contributed by atoms with Crippen LogP contribution in [0.2, 0.25) is 0 Å². The number of rotatable bonds is 5. The first kappa shape index (κ1) is 8.97. The summed E-state index contributed by atoms with van der Waals surface area (Å²) in [6, 6.07) is 0. The molecule has 0 unspecified atom stereocenters. The highest BCUT2D eigenvalue weighted by Gasteiger charge is 2.24. The summed E-state index contributed by atoms with van der Waals surface area (Å²) in [6.07, 6.45) is 0. The lowest BCUT2D eigenvalue weighted by Gasteiger charge is -2.39. The van der Waals surface area contributed by atoms with Crippen molar-refractivity contribution >= 4 is 0 Å². The van der Waals surface area contributed by atoms with E-state index in [1.54, 1.807) is 7.11 Å². The molecule has 0 atom stereocenters. The van der Waals surface area contributed by atoms with E-state index in [0.29, 0.717) is 0 Å². The van der Waals surface area contributed by atoms with Crippen molar-refractivity contribution in [2.75, 3.05) is 46.9 Å². The fourth-order valence-corrected chi connectivity index (χ4v) is 1.50. The second-order valence-electron chi connectivity index (χ2n) is 3.18. The average Bonchev–Trinajstić information content (AvgIpc) is 1.94. The Balaban J connectivity index is 1.92. The maximum atomic E-state index is 4.99. The van der Waals surface area contributed by atoms with Crippen LogP contribution in [0.25, 0.3) is 0 Å². The second-order valence-corrected chi connectivity index (χ2v) is 3.18. The van der Waals surface area contributed by atoms with Crippen molar-refractivity contribution in [2.45, 2.75) is 0 Å². The third kappa shape index (κ3) is 2.77. The lowest BCUT2D eigenvalue weighted by Crippen LogP contribution is -2.51. The summed E-state index contributed by atoms with van der Waals surface area (Å²) in [4.78, 5) is 2.42. The molecule has 0 bridgehead atoms. The van der Waals surface area contributed by atoms with Gasteiger partial charge in [0.1, 0.15) is 0 Å². The molecular formula is C8H18N2O. The Hall–Kier alpha value is -0.120. The van der Waals surface area contributed by atoms with Crippen molar-refractivity contribution < 1.29 is 4.74 Å². The number of ether oxygens (including phenoxy) is 1. The van der Waals surface area contributed by atoms with Gasteiger partial charge in [-0.3, -0.25) is 0 Å². The summed E-state index contributed by atoms with van der Waals surface area (Å²) in [6.45, 7) is 5.60. The number of hydrogen-bond acceptors (Lipinski definition) is 3. The van der Waals surface area contributed by atoms with Crippen LogP contribution < -0.4 is 5.32 Å². The summed E-state index contributed by atoms with van der Waals surface area (Å²) in [7, 11) is 3.77. The van der Waals surface area contributed by atoms with E-state index >= 15 is 0 Å². The summed E-state index contributed by atoms with van der Waals surface area (Å²) in [5, 5.41) is 3.19. The molecule has 0 saturated carbocycles. The van der Waals surface area contributed by atoms with Gasteiger partial charge in [0.25, 0.3) is 0 Å². The van der Waals surface area contributed by atoms with Crippen LogP contribution >= 0.6 is 0 Å². The third-order valence-corrected chi connectivity index (χ3v) is 2.14. The summed E-state index contributed by atoms with van der Waals surface area (Å²) >= 11 is 0. The Labute approximate surface area is 68.7 Å². The minimum Gasteiger partial charge on any atom is -0.383 e. The Kier molecular flexibility index (Phi) is 3.83. The molecule has 3 nitrogen and oxygen atoms in total. The number of hydrogen-bond donors (Lipinski definition) is 1.